The largest absolute Gasteiger partial charge is 0.325 e. The maximum Gasteiger partial charge on any atom is 0.253 e. The van der Waals surface area contributed by atoms with Gasteiger partial charge >= 0.3 is 0 Å². The maximum atomic E-state index is 12.4. The zero-order chi connectivity index (χ0) is 22.8. The van der Waals surface area contributed by atoms with Crippen molar-refractivity contribution >= 4 is 40.7 Å². The third kappa shape index (κ3) is 4.79. The molecule has 2 aromatic heterocycles. The highest BCUT2D eigenvalue weighted by molar-refractivity contribution is 7.99. The van der Waals surface area contributed by atoms with Crippen molar-refractivity contribution in [3.8, 4) is 0 Å². The van der Waals surface area contributed by atoms with Gasteiger partial charge in [0.05, 0.1) is 5.75 Å². The topological polar surface area (TPSA) is 72.2 Å². The first kappa shape index (κ1) is 22.3. The third-order valence-electron chi connectivity index (χ3n) is 5.51. The van der Waals surface area contributed by atoms with Crippen LogP contribution in [0.1, 0.15) is 33.6 Å². The number of carbonyl (C=O) groups is 1. The van der Waals surface area contributed by atoms with Crippen LogP contribution in [0.4, 0.5) is 5.69 Å². The van der Waals surface area contributed by atoms with Crippen molar-refractivity contribution in [2.45, 2.75) is 39.3 Å². The van der Waals surface area contributed by atoms with Crippen LogP contribution in [0.2, 0.25) is 5.02 Å². The van der Waals surface area contributed by atoms with Gasteiger partial charge in [-0.1, -0.05) is 47.6 Å². The number of anilines is 1. The predicted octanol–water partition coefficient (Wildman–Crippen LogP) is 5.33. The van der Waals surface area contributed by atoms with Crippen LogP contribution in [-0.4, -0.2) is 31.2 Å². The molecule has 1 N–H and O–H groups in total. The number of aromatic nitrogens is 4. The minimum atomic E-state index is -0.0925. The Kier molecular flexibility index (Phi) is 6.48. The summed E-state index contributed by atoms with van der Waals surface area (Å²) in [5.74, 6) is 0.662. The number of carbonyl (C=O) groups excluding carboxylic acids is 1. The molecule has 0 aliphatic carbocycles. The van der Waals surface area contributed by atoms with Gasteiger partial charge in [0.1, 0.15) is 0 Å². The zero-order valence-electron chi connectivity index (χ0n) is 18.4. The fourth-order valence-corrected chi connectivity index (χ4v) is 4.39. The molecular weight excluding hydrogens is 442 g/mol. The molecule has 2 heterocycles. The number of hydrogen-bond acceptors (Lipinski definition) is 5. The van der Waals surface area contributed by atoms with E-state index in [2.05, 4.69) is 20.4 Å². The van der Waals surface area contributed by atoms with E-state index in [-0.39, 0.29) is 11.7 Å². The van der Waals surface area contributed by atoms with Crippen LogP contribution in [0.5, 0.6) is 0 Å². The second-order valence-corrected chi connectivity index (χ2v) is 9.14. The Bertz CT molecular complexity index is 1320. The Morgan fingerprint density at radius 3 is 2.66 bits per heavy atom. The highest BCUT2D eigenvalue weighted by Crippen LogP contribution is 2.23. The molecule has 6 nitrogen and oxygen atoms in total. The summed E-state index contributed by atoms with van der Waals surface area (Å²) in [5, 5.41) is 8.79. The van der Waals surface area contributed by atoms with Gasteiger partial charge in [0.15, 0.2) is 0 Å². The lowest BCUT2D eigenvalue weighted by Gasteiger charge is -2.10. The molecule has 0 fully saturated rings. The number of nitrogens with one attached hydrogen (secondary N) is 1. The summed E-state index contributed by atoms with van der Waals surface area (Å²) in [6.45, 7) is 8.02. The second-order valence-electron chi connectivity index (χ2n) is 7.76. The zero-order valence-corrected chi connectivity index (χ0v) is 20.0. The van der Waals surface area contributed by atoms with E-state index in [1.807, 2.05) is 70.2 Å². The number of fused-ring (bicyclic) bond motifs is 1. The van der Waals surface area contributed by atoms with Crippen molar-refractivity contribution in [2.24, 2.45) is 0 Å². The van der Waals surface area contributed by atoms with E-state index >= 15 is 0 Å². The van der Waals surface area contributed by atoms with Gasteiger partial charge in [-0.25, -0.2) is 9.50 Å². The number of amides is 1. The van der Waals surface area contributed by atoms with Gasteiger partial charge < -0.3 is 5.32 Å². The third-order valence-corrected chi connectivity index (χ3v) is 6.58. The number of benzene rings is 2. The Morgan fingerprint density at radius 1 is 1.09 bits per heavy atom. The number of hydrogen-bond donors (Lipinski definition) is 1. The molecule has 0 spiro atoms. The van der Waals surface area contributed by atoms with Crippen LogP contribution in [0.15, 0.2) is 47.6 Å². The van der Waals surface area contributed by atoms with Crippen molar-refractivity contribution in [3.05, 3.63) is 81.1 Å². The van der Waals surface area contributed by atoms with Crippen molar-refractivity contribution in [1.29, 1.82) is 0 Å². The van der Waals surface area contributed by atoms with Gasteiger partial charge in [-0.2, -0.15) is 4.98 Å². The van der Waals surface area contributed by atoms with Crippen LogP contribution in [-0.2, 0) is 11.2 Å². The molecule has 0 atom stereocenters. The average Bonchev–Trinajstić information content (AvgIpc) is 3.16. The molecule has 0 aliphatic rings. The summed E-state index contributed by atoms with van der Waals surface area (Å²) >= 11 is 7.44. The Morgan fingerprint density at radius 2 is 1.88 bits per heavy atom. The first-order valence-electron chi connectivity index (χ1n) is 10.3. The average molecular weight is 466 g/mol. The van der Waals surface area contributed by atoms with Crippen LogP contribution >= 0.6 is 23.4 Å². The van der Waals surface area contributed by atoms with Gasteiger partial charge in [0.25, 0.3) is 5.78 Å². The molecule has 8 heteroatoms. The molecule has 0 unspecified atom stereocenters. The number of aryl methyl sites for hydroxylation is 3. The van der Waals surface area contributed by atoms with Crippen LogP contribution < -0.4 is 5.32 Å². The predicted molar refractivity (Wildman–Crippen MR) is 130 cm³/mol. The fraction of sp³-hybridized carbons (Fsp3) is 0.250. The summed E-state index contributed by atoms with van der Waals surface area (Å²) in [4.78, 5) is 21.6. The van der Waals surface area contributed by atoms with Gasteiger partial charge in [0, 0.05) is 28.5 Å². The molecule has 0 aliphatic heterocycles. The lowest BCUT2D eigenvalue weighted by atomic mass is 10.0. The van der Waals surface area contributed by atoms with E-state index in [9.17, 15) is 4.79 Å². The lowest BCUT2D eigenvalue weighted by Crippen LogP contribution is -2.15. The molecule has 2 aromatic carbocycles. The monoisotopic (exact) mass is 465 g/mol. The standard InChI is InChI=1S/C24H24ClN5OS/c1-14-7-5-10-21(15(14)2)27-22(31)13-32-24-28-23-26-16(3)20(17(4)30(23)29-24)12-18-8-6-9-19(25)11-18/h5-11H,12-13H2,1-4H3,(H,27,31). The lowest BCUT2D eigenvalue weighted by molar-refractivity contribution is -0.113. The summed E-state index contributed by atoms with van der Waals surface area (Å²) in [6, 6.07) is 13.7. The van der Waals surface area contributed by atoms with Gasteiger partial charge in [0.2, 0.25) is 11.1 Å². The Balaban J connectivity index is 1.50. The van der Waals surface area contributed by atoms with Gasteiger partial charge in [-0.15, -0.1) is 5.10 Å². The van der Waals surface area contributed by atoms with E-state index < -0.39 is 0 Å². The molecule has 32 heavy (non-hydrogen) atoms. The minimum Gasteiger partial charge on any atom is -0.325 e. The number of rotatable bonds is 6. The normalized spacial score (nSPS) is 11.2. The van der Waals surface area contributed by atoms with E-state index in [1.54, 1.807) is 4.52 Å². The molecule has 4 rings (SSSR count). The summed E-state index contributed by atoms with van der Waals surface area (Å²) in [6.07, 6.45) is 0.710. The second kappa shape index (κ2) is 9.30. The Labute approximate surface area is 196 Å². The highest BCUT2D eigenvalue weighted by Gasteiger charge is 2.15. The maximum absolute atomic E-state index is 12.4. The van der Waals surface area contributed by atoms with E-state index in [1.165, 1.54) is 11.8 Å². The number of nitrogens with zero attached hydrogens (tertiary/aromatic N) is 4. The van der Waals surface area contributed by atoms with Crippen LogP contribution in [0, 0.1) is 27.7 Å². The summed E-state index contributed by atoms with van der Waals surface area (Å²) < 4.78 is 1.75. The van der Waals surface area contributed by atoms with E-state index in [0.717, 1.165) is 39.3 Å². The first-order chi connectivity index (χ1) is 15.3. The van der Waals surface area contributed by atoms with Crippen LogP contribution in [0.3, 0.4) is 0 Å². The first-order valence-corrected chi connectivity index (χ1v) is 11.6. The van der Waals surface area contributed by atoms with E-state index in [4.69, 9.17) is 11.6 Å². The highest BCUT2D eigenvalue weighted by atomic mass is 35.5. The molecule has 0 radical (unpaired) electrons. The van der Waals surface area contributed by atoms with Crippen molar-refractivity contribution in [3.63, 3.8) is 0 Å². The molecule has 0 bridgehead atoms. The quantitative estimate of drug-likeness (QED) is 0.389. The molecule has 1 amide bonds. The minimum absolute atomic E-state index is 0.0925. The summed E-state index contributed by atoms with van der Waals surface area (Å²) in [5.41, 5.74) is 7.13. The molecule has 164 valence electrons. The van der Waals surface area contributed by atoms with Gasteiger partial charge in [-0.05, 0) is 68.1 Å². The smallest absolute Gasteiger partial charge is 0.253 e. The molecule has 4 aromatic rings. The molecular formula is C24H24ClN5OS. The van der Waals surface area contributed by atoms with Gasteiger partial charge in [-0.3, -0.25) is 4.79 Å². The summed E-state index contributed by atoms with van der Waals surface area (Å²) in [7, 11) is 0. The molecule has 0 saturated heterocycles. The Hall–Kier alpha value is -2.90. The fourth-order valence-electron chi connectivity index (χ4n) is 3.56. The van der Waals surface area contributed by atoms with Crippen molar-refractivity contribution in [1.82, 2.24) is 19.6 Å². The molecule has 0 saturated carbocycles. The van der Waals surface area contributed by atoms with E-state index in [0.29, 0.717) is 22.4 Å². The SMILES string of the molecule is Cc1cccc(NC(=O)CSc2nc3nc(C)c(Cc4cccc(Cl)c4)c(C)n3n2)c1C. The van der Waals surface area contributed by atoms with Crippen molar-refractivity contribution < 1.29 is 4.79 Å². The van der Waals surface area contributed by atoms with Crippen LogP contribution in [0.25, 0.3) is 5.78 Å². The number of thioether (sulfide) groups is 1. The van der Waals surface area contributed by atoms with Crippen molar-refractivity contribution in [2.75, 3.05) is 11.1 Å². The number of halogens is 1.